The Hall–Kier alpha value is -3.98. The third-order valence-electron chi connectivity index (χ3n) is 5.50. The first-order valence-electron chi connectivity index (χ1n) is 10.4. The summed E-state index contributed by atoms with van der Waals surface area (Å²) < 4.78 is 28.1. The maximum atomic E-state index is 12.8. The first kappa shape index (κ1) is 20.9. The number of nitrogens with one attached hydrogen (secondary N) is 2. The van der Waals surface area contributed by atoms with E-state index < -0.39 is 10.0 Å². The number of amides is 2. The number of aryl methyl sites for hydroxylation is 1. The van der Waals surface area contributed by atoms with Crippen LogP contribution in [0.3, 0.4) is 0 Å². The van der Waals surface area contributed by atoms with E-state index in [0.717, 1.165) is 27.1 Å². The van der Waals surface area contributed by atoms with Gasteiger partial charge in [0.1, 0.15) is 5.82 Å². The fourth-order valence-corrected chi connectivity index (χ4v) is 4.87. The van der Waals surface area contributed by atoms with E-state index in [9.17, 15) is 18.0 Å². The Labute approximate surface area is 190 Å². The molecule has 1 aliphatic rings. The van der Waals surface area contributed by atoms with Crippen molar-refractivity contribution in [3.63, 3.8) is 0 Å². The fraction of sp³-hybridized carbons (Fsp3) is 0.125. The van der Waals surface area contributed by atoms with Gasteiger partial charge in [0.15, 0.2) is 0 Å². The molecule has 5 rings (SSSR count). The molecule has 2 heterocycles. The molecule has 2 N–H and O–H groups in total. The SMILES string of the molecule is Cc1ccc2nc(-c3ccc(NS(=O)(=O)c4ccc(N5C(=O)CCC5=O)cc4)cc3)[nH]c2c1. The summed E-state index contributed by atoms with van der Waals surface area (Å²) in [5.41, 5.74) is 4.54. The molecule has 0 atom stereocenters. The zero-order valence-electron chi connectivity index (χ0n) is 17.7. The van der Waals surface area contributed by atoms with Gasteiger partial charge < -0.3 is 4.98 Å². The molecule has 1 saturated heterocycles. The number of carbonyl (C=O) groups is 2. The minimum absolute atomic E-state index is 0.0297. The lowest BCUT2D eigenvalue weighted by molar-refractivity contribution is -0.121. The topological polar surface area (TPSA) is 112 Å². The second-order valence-corrected chi connectivity index (χ2v) is 9.59. The Morgan fingerprint density at radius 1 is 0.909 bits per heavy atom. The third kappa shape index (κ3) is 3.98. The average Bonchev–Trinajstić information content (AvgIpc) is 3.36. The molecular weight excluding hydrogens is 440 g/mol. The second-order valence-electron chi connectivity index (χ2n) is 7.91. The Morgan fingerprint density at radius 3 is 2.24 bits per heavy atom. The lowest BCUT2D eigenvalue weighted by atomic mass is 10.2. The van der Waals surface area contributed by atoms with Crippen molar-refractivity contribution in [1.82, 2.24) is 9.97 Å². The number of fused-ring (bicyclic) bond motifs is 1. The average molecular weight is 461 g/mol. The van der Waals surface area contributed by atoms with Crippen LogP contribution in [0.15, 0.2) is 71.6 Å². The molecule has 9 heteroatoms. The number of benzene rings is 3. The second kappa shape index (κ2) is 7.86. The van der Waals surface area contributed by atoms with Crippen molar-refractivity contribution in [1.29, 1.82) is 0 Å². The molecule has 0 bridgehead atoms. The largest absolute Gasteiger partial charge is 0.338 e. The highest BCUT2D eigenvalue weighted by Crippen LogP contribution is 2.26. The number of aromatic nitrogens is 2. The molecule has 4 aromatic rings. The van der Waals surface area contributed by atoms with Crippen molar-refractivity contribution in [2.75, 3.05) is 9.62 Å². The van der Waals surface area contributed by atoms with Crippen LogP contribution in [0.2, 0.25) is 0 Å². The van der Waals surface area contributed by atoms with E-state index in [1.54, 1.807) is 24.3 Å². The molecule has 1 aliphatic heterocycles. The molecule has 33 heavy (non-hydrogen) atoms. The van der Waals surface area contributed by atoms with Gasteiger partial charge in [-0.1, -0.05) is 6.07 Å². The monoisotopic (exact) mass is 460 g/mol. The Kier molecular flexibility index (Phi) is 4.98. The summed E-state index contributed by atoms with van der Waals surface area (Å²) in [4.78, 5) is 32.7. The van der Waals surface area contributed by atoms with Crippen LogP contribution < -0.4 is 9.62 Å². The minimum Gasteiger partial charge on any atom is -0.338 e. The number of rotatable bonds is 5. The molecule has 0 radical (unpaired) electrons. The Morgan fingerprint density at radius 2 is 1.58 bits per heavy atom. The Bertz CT molecular complexity index is 1470. The molecule has 0 saturated carbocycles. The highest BCUT2D eigenvalue weighted by atomic mass is 32.2. The molecule has 1 aromatic heterocycles. The van der Waals surface area contributed by atoms with Gasteiger partial charge in [0, 0.05) is 24.1 Å². The number of carbonyl (C=O) groups excluding carboxylic acids is 2. The predicted molar refractivity (Wildman–Crippen MR) is 125 cm³/mol. The third-order valence-corrected chi connectivity index (χ3v) is 6.90. The van der Waals surface area contributed by atoms with Gasteiger partial charge in [-0.3, -0.25) is 19.2 Å². The standard InChI is InChI=1S/C24H20N4O4S/c1-15-2-11-20-21(14-15)26-24(25-20)16-3-5-17(6-4-16)27-33(31,32)19-9-7-18(8-10-19)28-22(29)12-13-23(28)30/h2-11,14,27H,12-13H2,1H3,(H,25,26). The van der Waals surface area contributed by atoms with Gasteiger partial charge in [-0.05, 0) is 73.2 Å². The summed E-state index contributed by atoms with van der Waals surface area (Å²) in [6.45, 7) is 2.01. The summed E-state index contributed by atoms with van der Waals surface area (Å²) in [6, 6.07) is 18.6. The number of imidazole rings is 1. The van der Waals surface area contributed by atoms with Crippen molar-refractivity contribution in [3.8, 4) is 11.4 Å². The first-order valence-corrected chi connectivity index (χ1v) is 11.8. The van der Waals surface area contributed by atoms with E-state index in [1.807, 2.05) is 25.1 Å². The van der Waals surface area contributed by atoms with Gasteiger partial charge in [0.05, 0.1) is 21.6 Å². The lowest BCUT2D eigenvalue weighted by Crippen LogP contribution is -2.28. The highest BCUT2D eigenvalue weighted by Gasteiger charge is 2.30. The van der Waals surface area contributed by atoms with Gasteiger partial charge in [0.2, 0.25) is 11.8 Å². The summed E-state index contributed by atoms with van der Waals surface area (Å²) in [5.74, 6) is 0.133. The number of hydrogen-bond donors (Lipinski definition) is 2. The fourth-order valence-electron chi connectivity index (χ4n) is 3.81. The number of sulfonamides is 1. The summed E-state index contributed by atoms with van der Waals surface area (Å²) >= 11 is 0. The molecule has 3 aromatic carbocycles. The number of anilines is 2. The summed E-state index contributed by atoms with van der Waals surface area (Å²) in [5, 5.41) is 0. The summed E-state index contributed by atoms with van der Waals surface area (Å²) in [7, 11) is -3.85. The van der Waals surface area contributed by atoms with E-state index in [2.05, 4.69) is 14.7 Å². The van der Waals surface area contributed by atoms with E-state index in [1.165, 1.54) is 24.3 Å². The van der Waals surface area contributed by atoms with E-state index in [-0.39, 0.29) is 29.6 Å². The van der Waals surface area contributed by atoms with E-state index >= 15 is 0 Å². The van der Waals surface area contributed by atoms with Crippen molar-refractivity contribution >= 4 is 44.2 Å². The smallest absolute Gasteiger partial charge is 0.261 e. The van der Waals surface area contributed by atoms with Crippen LogP contribution in [-0.2, 0) is 19.6 Å². The minimum atomic E-state index is -3.85. The number of H-pyrrole nitrogens is 1. The molecule has 0 spiro atoms. The van der Waals surface area contributed by atoms with E-state index in [4.69, 9.17) is 0 Å². The van der Waals surface area contributed by atoms with Crippen LogP contribution >= 0.6 is 0 Å². The molecule has 0 aliphatic carbocycles. The van der Waals surface area contributed by atoms with Crippen molar-refractivity contribution in [2.45, 2.75) is 24.7 Å². The Balaban J connectivity index is 1.34. The van der Waals surface area contributed by atoms with Gasteiger partial charge in [-0.15, -0.1) is 0 Å². The van der Waals surface area contributed by atoms with Crippen LogP contribution in [-0.4, -0.2) is 30.2 Å². The highest BCUT2D eigenvalue weighted by molar-refractivity contribution is 7.92. The lowest BCUT2D eigenvalue weighted by Gasteiger charge is -2.14. The van der Waals surface area contributed by atoms with Crippen molar-refractivity contribution in [3.05, 3.63) is 72.3 Å². The maximum absolute atomic E-state index is 12.8. The summed E-state index contributed by atoms with van der Waals surface area (Å²) in [6.07, 6.45) is 0.341. The van der Waals surface area contributed by atoms with Gasteiger partial charge >= 0.3 is 0 Å². The van der Waals surface area contributed by atoms with Crippen LogP contribution in [0.5, 0.6) is 0 Å². The van der Waals surface area contributed by atoms with Crippen LogP contribution in [0.4, 0.5) is 11.4 Å². The number of hydrogen-bond acceptors (Lipinski definition) is 5. The van der Waals surface area contributed by atoms with Gasteiger partial charge in [-0.2, -0.15) is 0 Å². The zero-order chi connectivity index (χ0) is 23.2. The first-order chi connectivity index (χ1) is 15.8. The normalized spacial score (nSPS) is 14.3. The van der Waals surface area contributed by atoms with Crippen LogP contribution in [0.1, 0.15) is 18.4 Å². The van der Waals surface area contributed by atoms with Crippen molar-refractivity contribution in [2.24, 2.45) is 0 Å². The zero-order valence-corrected chi connectivity index (χ0v) is 18.5. The number of imide groups is 1. The predicted octanol–water partition coefficient (Wildman–Crippen LogP) is 3.99. The van der Waals surface area contributed by atoms with Crippen LogP contribution in [0.25, 0.3) is 22.4 Å². The quantitative estimate of drug-likeness (QED) is 0.437. The van der Waals surface area contributed by atoms with Crippen molar-refractivity contribution < 1.29 is 18.0 Å². The maximum Gasteiger partial charge on any atom is 0.261 e. The van der Waals surface area contributed by atoms with Crippen LogP contribution in [0, 0.1) is 6.92 Å². The molecule has 2 amide bonds. The number of nitrogens with zero attached hydrogens (tertiary/aromatic N) is 2. The molecular formula is C24H20N4O4S. The number of aromatic amines is 1. The van der Waals surface area contributed by atoms with Gasteiger partial charge in [-0.25, -0.2) is 13.4 Å². The molecule has 8 nitrogen and oxygen atoms in total. The molecule has 166 valence electrons. The van der Waals surface area contributed by atoms with Gasteiger partial charge in [0.25, 0.3) is 10.0 Å². The molecule has 1 fully saturated rings. The molecule has 0 unspecified atom stereocenters. The van der Waals surface area contributed by atoms with E-state index in [0.29, 0.717) is 17.2 Å².